The smallest absolute Gasteiger partial charge is 0.230 e. The van der Waals surface area contributed by atoms with E-state index in [2.05, 4.69) is 5.16 Å². The lowest BCUT2D eigenvalue weighted by Crippen LogP contribution is -2.50. The van der Waals surface area contributed by atoms with E-state index in [1.807, 2.05) is 13.8 Å². The normalized spacial score (nSPS) is 27.9. The summed E-state index contributed by atoms with van der Waals surface area (Å²) in [6.07, 6.45) is -0.00876. The van der Waals surface area contributed by atoms with Crippen LogP contribution in [0.15, 0.2) is 5.16 Å². The van der Waals surface area contributed by atoms with Gasteiger partial charge in [0.15, 0.2) is 0 Å². The van der Waals surface area contributed by atoms with Crippen LogP contribution in [0.5, 0.6) is 0 Å². The van der Waals surface area contributed by atoms with E-state index < -0.39 is 0 Å². The van der Waals surface area contributed by atoms with E-state index in [1.54, 1.807) is 4.90 Å². The number of nitrogens with zero attached hydrogens (tertiary/aromatic N) is 2. The third kappa shape index (κ3) is 3.09. The molecule has 0 aliphatic carbocycles. The Morgan fingerprint density at radius 3 is 2.93 bits per heavy atom. The Labute approximate surface area is 88.7 Å². The molecule has 0 aromatic carbocycles. The van der Waals surface area contributed by atoms with Crippen LogP contribution < -0.4 is 5.73 Å². The molecule has 0 aromatic rings. The molecule has 0 radical (unpaired) electrons. The van der Waals surface area contributed by atoms with Gasteiger partial charge in [0.1, 0.15) is 5.84 Å². The average molecular weight is 215 g/mol. The first-order valence-electron chi connectivity index (χ1n) is 4.92. The fourth-order valence-corrected chi connectivity index (χ4v) is 1.54. The lowest BCUT2D eigenvalue weighted by atomic mass is 10.2. The minimum atomic E-state index is -0.132. The topological polar surface area (TPSA) is 88.2 Å². The number of oxime groups is 1. The maximum Gasteiger partial charge on any atom is 0.230 e. The van der Waals surface area contributed by atoms with Crippen LogP contribution in [0.3, 0.4) is 0 Å². The van der Waals surface area contributed by atoms with Crippen molar-refractivity contribution in [3.63, 3.8) is 0 Å². The van der Waals surface area contributed by atoms with Crippen LogP contribution in [0.25, 0.3) is 0 Å². The molecule has 86 valence electrons. The highest BCUT2D eigenvalue weighted by atomic mass is 16.5. The fourth-order valence-electron chi connectivity index (χ4n) is 1.54. The van der Waals surface area contributed by atoms with Gasteiger partial charge in [0.05, 0.1) is 25.2 Å². The van der Waals surface area contributed by atoms with Crippen molar-refractivity contribution in [2.45, 2.75) is 32.4 Å². The third-order valence-electron chi connectivity index (χ3n) is 2.39. The van der Waals surface area contributed by atoms with Gasteiger partial charge in [0, 0.05) is 6.54 Å². The third-order valence-corrected chi connectivity index (χ3v) is 2.39. The first-order valence-corrected chi connectivity index (χ1v) is 4.92. The predicted octanol–water partition coefficient (Wildman–Crippen LogP) is -0.241. The molecule has 6 heteroatoms. The van der Waals surface area contributed by atoms with E-state index in [4.69, 9.17) is 15.7 Å². The summed E-state index contributed by atoms with van der Waals surface area (Å²) in [5.74, 6) is -0.195. The summed E-state index contributed by atoms with van der Waals surface area (Å²) in [6, 6.07) is 0.0418. The molecule has 2 atom stereocenters. The van der Waals surface area contributed by atoms with Crippen molar-refractivity contribution in [3.8, 4) is 0 Å². The molecule has 0 spiro atoms. The van der Waals surface area contributed by atoms with Gasteiger partial charge in [-0.15, -0.1) is 0 Å². The van der Waals surface area contributed by atoms with E-state index >= 15 is 0 Å². The minimum Gasteiger partial charge on any atom is -0.409 e. The van der Waals surface area contributed by atoms with E-state index in [0.29, 0.717) is 13.2 Å². The summed E-state index contributed by atoms with van der Waals surface area (Å²) in [4.78, 5) is 13.4. The maximum absolute atomic E-state index is 11.7. The van der Waals surface area contributed by atoms with E-state index in [0.717, 1.165) is 0 Å². The molecule has 1 fully saturated rings. The molecule has 3 N–H and O–H groups in total. The van der Waals surface area contributed by atoms with Crippen molar-refractivity contribution in [1.82, 2.24) is 4.90 Å². The first kappa shape index (κ1) is 11.8. The molecule has 0 unspecified atom stereocenters. The van der Waals surface area contributed by atoms with Crippen LogP contribution in [0.2, 0.25) is 0 Å². The SMILES string of the molecule is C[C@H]1CN(C(=O)C/C(N)=N\O)[C@@H](C)CO1. The number of carbonyl (C=O) groups excluding carboxylic acids is 1. The first-order chi connectivity index (χ1) is 7.04. The van der Waals surface area contributed by atoms with Crippen molar-refractivity contribution < 1.29 is 14.7 Å². The monoisotopic (exact) mass is 215 g/mol. The molecule has 1 amide bonds. The highest BCUT2D eigenvalue weighted by molar-refractivity contribution is 5.98. The molecule has 0 saturated carbocycles. The molecule has 6 nitrogen and oxygen atoms in total. The predicted molar refractivity (Wildman–Crippen MR) is 54.6 cm³/mol. The Morgan fingerprint density at radius 1 is 1.67 bits per heavy atom. The number of carbonyl (C=O) groups is 1. The zero-order valence-electron chi connectivity index (χ0n) is 9.01. The summed E-state index contributed by atoms with van der Waals surface area (Å²) in [7, 11) is 0. The number of morpholine rings is 1. The van der Waals surface area contributed by atoms with E-state index in [1.165, 1.54) is 0 Å². The molecule has 1 rings (SSSR count). The number of nitrogens with two attached hydrogens (primary N) is 1. The molecule has 15 heavy (non-hydrogen) atoms. The summed E-state index contributed by atoms with van der Waals surface area (Å²) in [6.45, 7) is 4.91. The number of hydrogen-bond donors (Lipinski definition) is 2. The molecule has 1 aliphatic heterocycles. The molecular weight excluding hydrogens is 198 g/mol. The Balaban J connectivity index is 2.57. The second kappa shape index (κ2) is 4.97. The molecular formula is C9H17N3O3. The Bertz CT molecular complexity index is 267. The zero-order valence-corrected chi connectivity index (χ0v) is 9.01. The van der Waals surface area contributed by atoms with Crippen molar-refractivity contribution in [1.29, 1.82) is 0 Å². The van der Waals surface area contributed by atoms with Gasteiger partial charge in [-0.05, 0) is 13.8 Å². The summed E-state index contributed by atoms with van der Waals surface area (Å²) in [5, 5.41) is 11.2. The largest absolute Gasteiger partial charge is 0.409 e. The highest BCUT2D eigenvalue weighted by Gasteiger charge is 2.27. The van der Waals surface area contributed by atoms with Gasteiger partial charge < -0.3 is 20.6 Å². The standard InChI is InChI=1S/C9H17N3O3/c1-6-5-15-7(2)4-12(6)9(13)3-8(10)11-14/h6-7,14H,3-5H2,1-2H3,(H2,10,11)/t6-,7-/m0/s1. The second-order valence-corrected chi connectivity index (χ2v) is 3.81. The lowest BCUT2D eigenvalue weighted by molar-refractivity contribution is -0.141. The lowest BCUT2D eigenvalue weighted by Gasteiger charge is -2.36. The van der Waals surface area contributed by atoms with Gasteiger partial charge in [-0.25, -0.2) is 0 Å². The highest BCUT2D eigenvalue weighted by Crippen LogP contribution is 2.12. The molecule has 1 saturated heterocycles. The summed E-state index contributed by atoms with van der Waals surface area (Å²) < 4.78 is 5.40. The number of hydrogen-bond acceptors (Lipinski definition) is 4. The van der Waals surface area contributed by atoms with Crippen molar-refractivity contribution in [2.24, 2.45) is 10.9 Å². The van der Waals surface area contributed by atoms with Gasteiger partial charge in [0.2, 0.25) is 5.91 Å². The Hall–Kier alpha value is -1.30. The fraction of sp³-hybridized carbons (Fsp3) is 0.778. The van der Waals surface area contributed by atoms with Crippen LogP contribution >= 0.6 is 0 Å². The quantitative estimate of drug-likeness (QED) is 0.288. The van der Waals surface area contributed by atoms with Crippen LogP contribution in [-0.2, 0) is 9.53 Å². The molecule has 1 aliphatic rings. The van der Waals surface area contributed by atoms with Crippen LogP contribution in [0, 0.1) is 0 Å². The van der Waals surface area contributed by atoms with Gasteiger partial charge >= 0.3 is 0 Å². The molecule has 0 aromatic heterocycles. The van der Waals surface area contributed by atoms with Crippen molar-refractivity contribution >= 4 is 11.7 Å². The van der Waals surface area contributed by atoms with E-state index in [-0.39, 0.29) is 30.3 Å². The van der Waals surface area contributed by atoms with Crippen LogP contribution in [0.4, 0.5) is 0 Å². The Morgan fingerprint density at radius 2 is 2.33 bits per heavy atom. The van der Waals surface area contributed by atoms with Crippen molar-refractivity contribution in [2.75, 3.05) is 13.2 Å². The van der Waals surface area contributed by atoms with Gasteiger partial charge in [0.25, 0.3) is 0 Å². The zero-order chi connectivity index (χ0) is 11.4. The average Bonchev–Trinajstić information content (AvgIpc) is 2.21. The Kier molecular flexibility index (Phi) is 3.90. The van der Waals surface area contributed by atoms with Crippen LogP contribution in [0.1, 0.15) is 20.3 Å². The van der Waals surface area contributed by atoms with Crippen molar-refractivity contribution in [3.05, 3.63) is 0 Å². The molecule has 0 bridgehead atoms. The van der Waals surface area contributed by atoms with Gasteiger partial charge in [-0.1, -0.05) is 5.16 Å². The van der Waals surface area contributed by atoms with E-state index in [9.17, 15) is 4.79 Å². The summed E-state index contributed by atoms with van der Waals surface area (Å²) >= 11 is 0. The number of amides is 1. The second-order valence-electron chi connectivity index (χ2n) is 3.81. The van der Waals surface area contributed by atoms with Crippen LogP contribution in [-0.4, -0.2) is 47.1 Å². The number of rotatable bonds is 2. The minimum absolute atomic E-state index is 0.0393. The van der Waals surface area contributed by atoms with Gasteiger partial charge in [-0.3, -0.25) is 4.79 Å². The number of ether oxygens (including phenoxy) is 1. The molecule has 1 heterocycles. The van der Waals surface area contributed by atoms with Gasteiger partial charge in [-0.2, -0.15) is 0 Å². The summed E-state index contributed by atoms with van der Waals surface area (Å²) in [5.41, 5.74) is 5.28. The number of amidine groups is 1. The maximum atomic E-state index is 11.7.